The van der Waals surface area contributed by atoms with Gasteiger partial charge >= 0.3 is 0 Å². The summed E-state index contributed by atoms with van der Waals surface area (Å²) in [6, 6.07) is 9.60. The molecule has 2 aromatic heterocycles. The number of hydrogen-bond donors (Lipinski definition) is 0. The molecule has 0 bridgehead atoms. The SMILES string of the molecule is Cc1c(CN2CCN(c3ncccc3Cl)CC2)cc(C(=O)N2CCN(c3ccc(F)c(F)c3)CC2C)n1C. The number of carbonyl (C=O) groups is 1. The Bertz CT molecular complexity index is 1320. The van der Waals surface area contributed by atoms with Crippen LogP contribution in [0.3, 0.4) is 0 Å². The fourth-order valence-corrected chi connectivity index (χ4v) is 5.66. The van der Waals surface area contributed by atoms with Gasteiger partial charge in [0.1, 0.15) is 11.5 Å². The lowest BCUT2D eigenvalue weighted by molar-refractivity contribution is 0.0664. The van der Waals surface area contributed by atoms with E-state index in [1.807, 2.05) is 46.5 Å². The zero-order valence-corrected chi connectivity index (χ0v) is 22.8. The Kier molecular flexibility index (Phi) is 7.59. The van der Waals surface area contributed by atoms with Crippen molar-refractivity contribution in [3.8, 4) is 0 Å². The monoisotopic (exact) mass is 542 g/mol. The third-order valence-electron chi connectivity index (χ3n) is 7.82. The standard InChI is InChI=1S/C28H33ClF2N6O/c1-19-17-36(22-6-7-24(30)25(31)16-22)13-14-37(19)28(38)26-15-21(20(2)33(26)3)18-34-9-11-35(12-10-34)27-23(29)5-4-8-32-27/h4-8,15-16,19H,9-14,17-18H2,1-3H3. The van der Waals surface area contributed by atoms with E-state index in [-0.39, 0.29) is 11.9 Å². The molecule has 2 aliphatic heterocycles. The second kappa shape index (κ2) is 10.9. The van der Waals surface area contributed by atoms with Crippen LogP contribution in [0.4, 0.5) is 20.3 Å². The first kappa shape index (κ1) is 26.4. The van der Waals surface area contributed by atoms with Gasteiger partial charge in [0, 0.05) is 89.1 Å². The molecule has 1 atom stereocenters. The smallest absolute Gasteiger partial charge is 0.270 e. The maximum atomic E-state index is 13.7. The van der Waals surface area contributed by atoms with E-state index in [1.165, 1.54) is 6.07 Å². The highest BCUT2D eigenvalue weighted by Gasteiger charge is 2.31. The number of amides is 1. The zero-order chi connectivity index (χ0) is 27.0. The van der Waals surface area contributed by atoms with Gasteiger partial charge in [-0.25, -0.2) is 13.8 Å². The van der Waals surface area contributed by atoms with Crippen LogP contribution in [-0.2, 0) is 13.6 Å². The molecule has 2 saturated heterocycles. The van der Waals surface area contributed by atoms with Crippen LogP contribution in [0.1, 0.15) is 28.7 Å². The molecule has 0 aliphatic carbocycles. The van der Waals surface area contributed by atoms with Gasteiger partial charge in [0.25, 0.3) is 5.91 Å². The van der Waals surface area contributed by atoms with Gasteiger partial charge in [-0.05, 0) is 49.7 Å². The average molecular weight is 543 g/mol. The van der Waals surface area contributed by atoms with E-state index in [0.717, 1.165) is 55.9 Å². The number of piperazine rings is 2. The van der Waals surface area contributed by atoms with E-state index >= 15 is 0 Å². The molecule has 0 N–H and O–H groups in total. The largest absolute Gasteiger partial charge is 0.368 e. The van der Waals surface area contributed by atoms with Crippen LogP contribution in [-0.4, -0.2) is 77.1 Å². The minimum Gasteiger partial charge on any atom is -0.368 e. The number of rotatable bonds is 5. The molecule has 0 spiro atoms. The minimum absolute atomic E-state index is 0.00565. The van der Waals surface area contributed by atoms with Crippen molar-refractivity contribution in [2.75, 3.05) is 55.6 Å². The quantitative estimate of drug-likeness (QED) is 0.480. The number of nitrogens with zero attached hydrogens (tertiary/aromatic N) is 6. The molecule has 0 radical (unpaired) electrons. The Balaban J connectivity index is 1.22. The Labute approximate surface area is 227 Å². The molecular weight excluding hydrogens is 510 g/mol. The first-order chi connectivity index (χ1) is 18.2. The van der Waals surface area contributed by atoms with Crippen molar-refractivity contribution in [3.63, 3.8) is 0 Å². The van der Waals surface area contributed by atoms with Crippen LogP contribution in [0, 0.1) is 18.6 Å². The summed E-state index contributed by atoms with van der Waals surface area (Å²) >= 11 is 6.33. The van der Waals surface area contributed by atoms with Gasteiger partial charge in [-0.15, -0.1) is 0 Å². The molecule has 2 fully saturated rings. The van der Waals surface area contributed by atoms with Crippen molar-refractivity contribution in [1.29, 1.82) is 0 Å². The minimum atomic E-state index is -0.859. The van der Waals surface area contributed by atoms with E-state index in [9.17, 15) is 13.6 Å². The second-order valence-corrected chi connectivity index (χ2v) is 10.6. The molecule has 4 heterocycles. The van der Waals surface area contributed by atoms with Gasteiger partial charge in [0.05, 0.1) is 5.02 Å². The van der Waals surface area contributed by atoms with Crippen molar-refractivity contribution in [1.82, 2.24) is 19.4 Å². The average Bonchev–Trinajstić information content (AvgIpc) is 3.19. The first-order valence-electron chi connectivity index (χ1n) is 13.0. The molecule has 3 aromatic rings. The summed E-state index contributed by atoms with van der Waals surface area (Å²) in [5, 5.41) is 0.669. The molecule has 7 nitrogen and oxygen atoms in total. The van der Waals surface area contributed by atoms with Crippen molar-refractivity contribution >= 4 is 29.0 Å². The summed E-state index contributed by atoms with van der Waals surface area (Å²) in [6.07, 6.45) is 1.77. The van der Waals surface area contributed by atoms with E-state index < -0.39 is 11.6 Å². The Hall–Kier alpha value is -3.17. The summed E-state index contributed by atoms with van der Waals surface area (Å²) in [5.41, 5.74) is 3.53. The number of hydrogen-bond acceptors (Lipinski definition) is 5. The maximum absolute atomic E-state index is 13.7. The number of halogens is 3. The van der Waals surface area contributed by atoms with Gasteiger partial charge < -0.3 is 19.3 Å². The first-order valence-corrected chi connectivity index (χ1v) is 13.3. The maximum Gasteiger partial charge on any atom is 0.270 e. The third-order valence-corrected chi connectivity index (χ3v) is 8.12. The van der Waals surface area contributed by atoms with Crippen molar-refractivity contribution in [3.05, 3.63) is 76.2 Å². The molecule has 1 amide bonds. The van der Waals surface area contributed by atoms with Crippen LogP contribution >= 0.6 is 11.6 Å². The molecule has 0 saturated carbocycles. The molecule has 1 unspecified atom stereocenters. The third kappa shape index (κ3) is 5.22. The van der Waals surface area contributed by atoms with Crippen LogP contribution in [0.2, 0.25) is 5.02 Å². The summed E-state index contributed by atoms with van der Waals surface area (Å²) in [6.45, 7) is 9.89. The van der Waals surface area contributed by atoms with E-state index in [4.69, 9.17) is 11.6 Å². The lowest BCUT2D eigenvalue weighted by Crippen LogP contribution is -2.54. The predicted molar refractivity (Wildman–Crippen MR) is 146 cm³/mol. The lowest BCUT2D eigenvalue weighted by Gasteiger charge is -2.41. The predicted octanol–water partition coefficient (Wildman–Crippen LogP) is 4.33. The molecule has 10 heteroatoms. The van der Waals surface area contributed by atoms with Gasteiger partial charge in [0.15, 0.2) is 11.6 Å². The number of pyridine rings is 1. The Morgan fingerprint density at radius 1 is 1.03 bits per heavy atom. The van der Waals surface area contributed by atoms with E-state index in [0.29, 0.717) is 36.0 Å². The Morgan fingerprint density at radius 3 is 2.45 bits per heavy atom. The van der Waals surface area contributed by atoms with Crippen LogP contribution < -0.4 is 9.80 Å². The molecule has 5 rings (SSSR count). The van der Waals surface area contributed by atoms with Gasteiger partial charge in [0.2, 0.25) is 0 Å². The number of carbonyl (C=O) groups excluding carboxylic acids is 1. The number of anilines is 2. The second-order valence-electron chi connectivity index (χ2n) is 10.2. The number of benzene rings is 1. The summed E-state index contributed by atoms with van der Waals surface area (Å²) in [7, 11) is 1.94. The molecular formula is C28H33ClF2N6O. The summed E-state index contributed by atoms with van der Waals surface area (Å²) in [4.78, 5) is 26.5. The zero-order valence-electron chi connectivity index (χ0n) is 22.0. The molecule has 202 valence electrons. The van der Waals surface area contributed by atoms with Gasteiger partial charge in [-0.2, -0.15) is 0 Å². The fraction of sp³-hybridized carbons (Fsp3) is 0.429. The molecule has 38 heavy (non-hydrogen) atoms. The number of aromatic nitrogens is 2. The van der Waals surface area contributed by atoms with Gasteiger partial charge in [-0.3, -0.25) is 9.69 Å². The highest BCUT2D eigenvalue weighted by atomic mass is 35.5. The lowest BCUT2D eigenvalue weighted by atomic mass is 10.1. The molecule has 2 aliphatic rings. The fourth-order valence-electron chi connectivity index (χ4n) is 5.42. The highest BCUT2D eigenvalue weighted by Crippen LogP contribution is 2.26. The van der Waals surface area contributed by atoms with Crippen molar-refractivity contribution in [2.45, 2.75) is 26.4 Å². The normalized spacial score (nSPS) is 18.8. The Morgan fingerprint density at radius 2 is 1.76 bits per heavy atom. The van der Waals surface area contributed by atoms with E-state index in [1.54, 1.807) is 12.3 Å². The van der Waals surface area contributed by atoms with Crippen LogP contribution in [0.25, 0.3) is 0 Å². The summed E-state index contributed by atoms with van der Waals surface area (Å²) in [5.74, 6) is -0.891. The van der Waals surface area contributed by atoms with Crippen LogP contribution in [0.5, 0.6) is 0 Å². The van der Waals surface area contributed by atoms with Crippen molar-refractivity contribution < 1.29 is 13.6 Å². The van der Waals surface area contributed by atoms with Gasteiger partial charge in [-0.1, -0.05) is 11.6 Å². The highest BCUT2D eigenvalue weighted by molar-refractivity contribution is 6.32. The van der Waals surface area contributed by atoms with Crippen molar-refractivity contribution in [2.24, 2.45) is 7.05 Å². The van der Waals surface area contributed by atoms with Crippen LogP contribution in [0.15, 0.2) is 42.6 Å². The topological polar surface area (TPSA) is 47.9 Å². The van der Waals surface area contributed by atoms with E-state index in [2.05, 4.69) is 21.7 Å². The molecule has 1 aromatic carbocycles. The summed E-state index contributed by atoms with van der Waals surface area (Å²) < 4.78 is 29.1.